The summed E-state index contributed by atoms with van der Waals surface area (Å²) < 4.78 is 1.37. The fraction of sp³-hybridized carbons (Fsp3) is 0.364. The van der Waals surface area contributed by atoms with Gasteiger partial charge in [-0.1, -0.05) is 24.1 Å². The van der Waals surface area contributed by atoms with E-state index in [1.54, 1.807) is 32.5 Å². The van der Waals surface area contributed by atoms with Gasteiger partial charge in [-0.2, -0.15) is 0 Å². The summed E-state index contributed by atoms with van der Waals surface area (Å²) in [6, 6.07) is 4.78. The predicted octanol–water partition coefficient (Wildman–Crippen LogP) is 1.66. The van der Waals surface area contributed by atoms with E-state index in [4.69, 9.17) is 0 Å². The molecule has 0 heterocycles. The molecular weight excluding hydrogens is 254 g/mol. The van der Waals surface area contributed by atoms with Gasteiger partial charge in [0.15, 0.2) is 0 Å². The molecule has 1 aromatic rings. The Labute approximate surface area is 110 Å². The van der Waals surface area contributed by atoms with Gasteiger partial charge in [-0.15, -0.1) is 0 Å². The fourth-order valence-electron chi connectivity index (χ4n) is 1.57. The lowest BCUT2D eigenvalue weighted by molar-refractivity contribution is -0.385. The Bertz CT molecular complexity index is 465. The third-order valence-electron chi connectivity index (χ3n) is 2.46. The normalized spacial score (nSPS) is 10.2. The molecule has 0 aliphatic rings. The molecule has 0 saturated carbocycles. The van der Waals surface area contributed by atoms with E-state index in [2.05, 4.69) is 5.32 Å². The van der Waals surface area contributed by atoms with Gasteiger partial charge in [0, 0.05) is 25.4 Å². The van der Waals surface area contributed by atoms with Crippen LogP contribution in [0.5, 0.6) is 0 Å². The second-order valence-corrected chi connectivity index (χ2v) is 4.50. The average Bonchev–Trinajstić information content (AvgIpc) is 2.36. The third kappa shape index (κ3) is 2.99. The van der Waals surface area contributed by atoms with E-state index >= 15 is 0 Å². The first-order valence-electron chi connectivity index (χ1n) is 5.26. The first-order valence-corrected chi connectivity index (χ1v) is 6.44. The molecule has 98 valence electrons. The van der Waals surface area contributed by atoms with Gasteiger partial charge in [-0.05, 0) is 13.1 Å². The SMILES string of the molecule is CNCc1cccc(C(=O)N(C)SC)c1[N+](=O)[O-]. The van der Waals surface area contributed by atoms with Crippen molar-refractivity contribution in [2.24, 2.45) is 0 Å². The van der Waals surface area contributed by atoms with Crippen LogP contribution in [-0.2, 0) is 6.54 Å². The Morgan fingerprint density at radius 3 is 2.72 bits per heavy atom. The molecule has 0 fully saturated rings. The molecule has 1 amide bonds. The van der Waals surface area contributed by atoms with Crippen LogP contribution in [-0.4, -0.2) is 35.5 Å². The minimum Gasteiger partial charge on any atom is -0.315 e. The number of hydrogen-bond acceptors (Lipinski definition) is 5. The van der Waals surface area contributed by atoms with Gasteiger partial charge in [-0.3, -0.25) is 19.2 Å². The minimum absolute atomic E-state index is 0.115. The number of nitro benzene ring substituents is 1. The number of para-hydroxylation sites is 1. The summed E-state index contributed by atoms with van der Waals surface area (Å²) in [6.07, 6.45) is 1.74. The smallest absolute Gasteiger partial charge is 0.286 e. The molecule has 0 spiro atoms. The van der Waals surface area contributed by atoms with Crippen LogP contribution in [0, 0.1) is 10.1 Å². The highest BCUT2D eigenvalue weighted by Crippen LogP contribution is 2.26. The first kappa shape index (κ1) is 14.5. The van der Waals surface area contributed by atoms with Crippen LogP contribution in [0.15, 0.2) is 18.2 Å². The van der Waals surface area contributed by atoms with Crippen LogP contribution in [0.1, 0.15) is 15.9 Å². The molecule has 1 rings (SSSR count). The molecule has 0 saturated heterocycles. The van der Waals surface area contributed by atoms with E-state index in [0.717, 1.165) is 0 Å². The quantitative estimate of drug-likeness (QED) is 0.500. The highest BCUT2D eigenvalue weighted by atomic mass is 32.2. The number of benzene rings is 1. The summed E-state index contributed by atoms with van der Waals surface area (Å²) in [4.78, 5) is 22.7. The number of nitrogens with one attached hydrogen (secondary N) is 1. The highest BCUT2D eigenvalue weighted by Gasteiger charge is 2.25. The first-order chi connectivity index (χ1) is 8.52. The lowest BCUT2D eigenvalue weighted by Gasteiger charge is -2.14. The summed E-state index contributed by atoms with van der Waals surface area (Å²) in [5.41, 5.74) is 0.491. The van der Waals surface area contributed by atoms with Crippen molar-refractivity contribution in [1.29, 1.82) is 0 Å². The van der Waals surface area contributed by atoms with Crippen molar-refractivity contribution in [3.63, 3.8) is 0 Å². The van der Waals surface area contributed by atoms with E-state index < -0.39 is 4.92 Å². The highest BCUT2D eigenvalue weighted by molar-refractivity contribution is 7.96. The largest absolute Gasteiger partial charge is 0.315 e. The molecule has 18 heavy (non-hydrogen) atoms. The van der Waals surface area contributed by atoms with Crippen molar-refractivity contribution in [3.05, 3.63) is 39.4 Å². The van der Waals surface area contributed by atoms with Gasteiger partial charge in [0.2, 0.25) is 0 Å². The number of nitrogens with zero attached hydrogens (tertiary/aromatic N) is 2. The molecule has 0 radical (unpaired) electrons. The van der Waals surface area contributed by atoms with Crippen molar-refractivity contribution in [2.75, 3.05) is 20.4 Å². The number of nitro groups is 1. The van der Waals surface area contributed by atoms with E-state index in [9.17, 15) is 14.9 Å². The topological polar surface area (TPSA) is 75.5 Å². The van der Waals surface area contributed by atoms with Gasteiger partial charge >= 0.3 is 0 Å². The summed E-state index contributed by atoms with van der Waals surface area (Å²) in [6.45, 7) is 0.348. The fourth-order valence-corrected chi connectivity index (χ4v) is 1.83. The van der Waals surface area contributed by atoms with Gasteiger partial charge in [0.25, 0.3) is 11.6 Å². The van der Waals surface area contributed by atoms with E-state index in [0.29, 0.717) is 12.1 Å². The monoisotopic (exact) mass is 269 g/mol. The van der Waals surface area contributed by atoms with Gasteiger partial charge in [0.1, 0.15) is 5.56 Å². The molecule has 6 nitrogen and oxygen atoms in total. The number of amides is 1. The molecule has 0 aliphatic carbocycles. The van der Waals surface area contributed by atoms with Gasteiger partial charge in [-0.25, -0.2) is 0 Å². The number of rotatable bonds is 5. The Hall–Kier alpha value is -1.60. The summed E-state index contributed by atoms with van der Waals surface area (Å²) >= 11 is 1.21. The van der Waals surface area contributed by atoms with Crippen LogP contribution in [0.2, 0.25) is 0 Å². The Morgan fingerprint density at radius 2 is 2.22 bits per heavy atom. The van der Waals surface area contributed by atoms with Crippen LogP contribution < -0.4 is 5.32 Å². The number of hydrogen-bond donors (Lipinski definition) is 1. The Morgan fingerprint density at radius 1 is 1.56 bits per heavy atom. The lowest BCUT2D eigenvalue weighted by Crippen LogP contribution is -2.21. The van der Waals surface area contributed by atoms with Gasteiger partial charge in [0.05, 0.1) is 4.92 Å². The van der Waals surface area contributed by atoms with E-state index in [1.807, 2.05) is 0 Å². The van der Waals surface area contributed by atoms with Crippen LogP contribution in [0.4, 0.5) is 5.69 Å². The van der Waals surface area contributed by atoms with Gasteiger partial charge < -0.3 is 5.32 Å². The molecule has 0 aromatic heterocycles. The standard InChI is InChI=1S/C11H15N3O3S/c1-12-7-8-5-4-6-9(10(8)14(16)17)11(15)13(2)18-3/h4-6,12H,7H2,1-3H3. The van der Waals surface area contributed by atoms with Crippen LogP contribution in [0.25, 0.3) is 0 Å². The predicted molar refractivity (Wildman–Crippen MR) is 71.5 cm³/mol. The zero-order chi connectivity index (χ0) is 13.7. The maximum Gasteiger partial charge on any atom is 0.286 e. The van der Waals surface area contributed by atoms with Crippen LogP contribution >= 0.6 is 11.9 Å². The van der Waals surface area contributed by atoms with Crippen molar-refractivity contribution >= 4 is 23.5 Å². The second-order valence-electron chi connectivity index (χ2n) is 3.59. The average molecular weight is 269 g/mol. The van der Waals surface area contributed by atoms with Crippen LogP contribution in [0.3, 0.4) is 0 Å². The molecule has 1 aromatic carbocycles. The number of carbonyl (C=O) groups excluding carboxylic acids is 1. The van der Waals surface area contributed by atoms with Crippen molar-refractivity contribution in [3.8, 4) is 0 Å². The Balaban J connectivity index is 3.30. The summed E-state index contributed by atoms with van der Waals surface area (Å²) in [5, 5.41) is 14.0. The molecule has 0 unspecified atom stereocenters. The minimum atomic E-state index is -0.506. The Kier molecular flexibility index (Phi) is 5.11. The second kappa shape index (κ2) is 6.36. The molecular formula is C11H15N3O3S. The number of carbonyl (C=O) groups is 1. The van der Waals surface area contributed by atoms with Crippen molar-refractivity contribution in [2.45, 2.75) is 6.54 Å². The van der Waals surface area contributed by atoms with Crippen molar-refractivity contribution < 1.29 is 9.72 Å². The molecule has 0 atom stereocenters. The zero-order valence-electron chi connectivity index (χ0n) is 10.5. The van der Waals surface area contributed by atoms with E-state index in [1.165, 1.54) is 22.3 Å². The van der Waals surface area contributed by atoms with Crippen molar-refractivity contribution in [1.82, 2.24) is 9.62 Å². The zero-order valence-corrected chi connectivity index (χ0v) is 11.3. The summed E-state index contributed by atoms with van der Waals surface area (Å²) in [7, 11) is 3.29. The molecule has 0 aliphatic heterocycles. The maximum absolute atomic E-state index is 12.0. The van der Waals surface area contributed by atoms with E-state index in [-0.39, 0.29) is 17.2 Å². The molecule has 1 N–H and O–H groups in total. The molecule has 7 heteroatoms. The molecule has 0 bridgehead atoms. The summed E-state index contributed by atoms with van der Waals surface area (Å²) in [5.74, 6) is -0.368. The lowest BCUT2D eigenvalue weighted by atomic mass is 10.1. The maximum atomic E-state index is 12.0. The third-order valence-corrected chi connectivity index (χ3v) is 3.17.